The van der Waals surface area contributed by atoms with E-state index < -0.39 is 0 Å². The van der Waals surface area contributed by atoms with Gasteiger partial charge in [0.15, 0.2) is 0 Å². The molecule has 0 aliphatic carbocycles. The highest BCUT2D eigenvalue weighted by molar-refractivity contribution is 9.10. The zero-order chi connectivity index (χ0) is 33.1. The molecule has 7 heteroatoms. The molecule has 0 bridgehead atoms. The summed E-state index contributed by atoms with van der Waals surface area (Å²) in [6, 6.07) is 58.7. The number of hydrazone groups is 2. The van der Waals surface area contributed by atoms with E-state index in [9.17, 15) is 5.26 Å². The first-order chi connectivity index (χ1) is 23.1. The maximum absolute atomic E-state index is 9.18. The molecule has 0 aliphatic rings. The molecular formula is C40H31BrN6. The van der Waals surface area contributed by atoms with Gasteiger partial charge in [0.2, 0.25) is 0 Å². The summed E-state index contributed by atoms with van der Waals surface area (Å²) < 4.78 is 0.854. The Morgan fingerprint density at radius 3 is 1.23 bits per heavy atom. The summed E-state index contributed by atoms with van der Waals surface area (Å²) in [6.07, 6.45) is 0. The molecule has 0 heterocycles. The SMILES string of the molecule is N#Cc1ccccc1Br.N#Cc1ccccc1NN=C(c1ccccc1)c1ccccc1.NN=C(c1ccccc1)c1ccccc1. The summed E-state index contributed by atoms with van der Waals surface area (Å²) in [5.74, 6) is 5.42. The van der Waals surface area contributed by atoms with Crippen LogP contribution in [0.25, 0.3) is 0 Å². The summed E-state index contributed by atoms with van der Waals surface area (Å²) in [4.78, 5) is 0. The summed E-state index contributed by atoms with van der Waals surface area (Å²) >= 11 is 3.23. The van der Waals surface area contributed by atoms with Crippen molar-refractivity contribution in [2.24, 2.45) is 16.0 Å². The number of para-hydroxylation sites is 1. The fourth-order valence-corrected chi connectivity index (χ4v) is 4.72. The molecule has 0 radical (unpaired) electrons. The van der Waals surface area contributed by atoms with Gasteiger partial charge in [-0.3, -0.25) is 5.43 Å². The summed E-state index contributed by atoms with van der Waals surface area (Å²) in [7, 11) is 0. The van der Waals surface area contributed by atoms with Crippen LogP contribution in [0.3, 0.4) is 0 Å². The predicted octanol–water partition coefficient (Wildman–Crippen LogP) is 9.14. The number of benzene rings is 6. The van der Waals surface area contributed by atoms with Crippen LogP contribution in [-0.4, -0.2) is 11.4 Å². The highest BCUT2D eigenvalue weighted by Gasteiger charge is 2.07. The van der Waals surface area contributed by atoms with Gasteiger partial charge in [0.1, 0.15) is 12.1 Å². The lowest BCUT2D eigenvalue weighted by molar-refractivity contribution is 1.24. The van der Waals surface area contributed by atoms with E-state index in [2.05, 4.69) is 37.6 Å². The minimum absolute atomic E-state index is 0.566. The molecular weight excluding hydrogens is 644 g/mol. The van der Waals surface area contributed by atoms with Gasteiger partial charge in [-0.25, -0.2) is 0 Å². The molecule has 0 fully saturated rings. The third-order valence-corrected chi connectivity index (χ3v) is 7.34. The standard InChI is InChI=1S/C20H15N3.C13H12N2.C7H4BrN/c21-15-18-13-7-8-14-19(18)22-23-20(16-9-3-1-4-10-16)17-11-5-2-6-12-17;14-15-13(11-7-3-1-4-8-11)12-9-5-2-6-10-12;8-7-4-2-1-3-6(7)5-9/h1-14,22H;1-10H,14H2;1-4H. The third kappa shape index (κ3) is 10.1. The summed E-state index contributed by atoms with van der Waals surface area (Å²) in [5.41, 5.74) is 10.7. The number of halogens is 1. The summed E-state index contributed by atoms with van der Waals surface area (Å²) in [6.45, 7) is 0. The minimum atomic E-state index is 0.566. The van der Waals surface area contributed by atoms with Crippen LogP contribution in [0.1, 0.15) is 33.4 Å². The van der Waals surface area contributed by atoms with Crippen molar-refractivity contribution in [3.05, 3.63) is 208 Å². The lowest BCUT2D eigenvalue weighted by Crippen LogP contribution is -2.06. The smallest absolute Gasteiger partial charge is 0.101 e. The largest absolute Gasteiger partial charge is 0.323 e. The quantitative estimate of drug-likeness (QED) is 0.104. The second-order valence-corrected chi connectivity index (χ2v) is 10.6. The van der Waals surface area contributed by atoms with Crippen LogP contribution in [-0.2, 0) is 0 Å². The molecule has 0 atom stereocenters. The van der Waals surface area contributed by atoms with Gasteiger partial charge in [0.05, 0.1) is 28.2 Å². The van der Waals surface area contributed by atoms with E-state index in [0.29, 0.717) is 16.8 Å². The molecule has 6 rings (SSSR count). The van der Waals surface area contributed by atoms with Crippen LogP contribution < -0.4 is 11.3 Å². The number of nitriles is 2. The Kier molecular flexibility index (Phi) is 13.2. The molecule has 0 aromatic heterocycles. The highest BCUT2D eigenvalue weighted by atomic mass is 79.9. The number of anilines is 1. The van der Waals surface area contributed by atoms with Gasteiger partial charge < -0.3 is 5.84 Å². The molecule has 6 nitrogen and oxygen atoms in total. The zero-order valence-corrected chi connectivity index (χ0v) is 27.0. The van der Waals surface area contributed by atoms with Gasteiger partial charge in [-0.1, -0.05) is 146 Å². The maximum atomic E-state index is 9.18. The molecule has 0 unspecified atom stereocenters. The number of rotatable bonds is 6. The Hall–Kier alpha value is -6.28. The van der Waals surface area contributed by atoms with Crippen molar-refractivity contribution < 1.29 is 0 Å². The Morgan fingerprint density at radius 1 is 0.489 bits per heavy atom. The van der Waals surface area contributed by atoms with Crippen LogP contribution in [0.5, 0.6) is 0 Å². The van der Waals surface area contributed by atoms with Gasteiger partial charge >= 0.3 is 0 Å². The van der Waals surface area contributed by atoms with Gasteiger partial charge in [-0.2, -0.15) is 20.7 Å². The van der Waals surface area contributed by atoms with Crippen molar-refractivity contribution in [3.8, 4) is 12.1 Å². The van der Waals surface area contributed by atoms with Crippen LogP contribution in [0, 0.1) is 22.7 Å². The van der Waals surface area contributed by atoms with E-state index in [0.717, 1.165) is 38.1 Å². The van der Waals surface area contributed by atoms with Gasteiger partial charge in [-0.15, -0.1) is 0 Å². The first kappa shape index (κ1) is 33.6. The molecule has 6 aromatic rings. The highest BCUT2D eigenvalue weighted by Crippen LogP contribution is 2.16. The van der Waals surface area contributed by atoms with E-state index in [1.165, 1.54) is 0 Å². The Morgan fingerprint density at radius 2 is 0.851 bits per heavy atom. The van der Waals surface area contributed by atoms with Crippen molar-refractivity contribution in [2.45, 2.75) is 0 Å². The fraction of sp³-hybridized carbons (Fsp3) is 0. The molecule has 47 heavy (non-hydrogen) atoms. The van der Waals surface area contributed by atoms with Crippen LogP contribution in [0.4, 0.5) is 5.69 Å². The molecule has 6 aromatic carbocycles. The van der Waals surface area contributed by atoms with Gasteiger partial charge in [-0.05, 0) is 40.2 Å². The average molecular weight is 676 g/mol. The van der Waals surface area contributed by atoms with E-state index in [4.69, 9.17) is 11.1 Å². The molecule has 0 amide bonds. The van der Waals surface area contributed by atoms with Crippen molar-refractivity contribution in [1.29, 1.82) is 10.5 Å². The number of nitrogens with two attached hydrogens (primary N) is 1. The number of hydrogen-bond donors (Lipinski definition) is 2. The van der Waals surface area contributed by atoms with Gasteiger partial charge in [0.25, 0.3) is 0 Å². The topological polar surface area (TPSA) is 110 Å². The normalized spacial score (nSPS) is 9.43. The lowest BCUT2D eigenvalue weighted by atomic mass is 10.0. The second kappa shape index (κ2) is 18.5. The molecule has 0 aliphatic heterocycles. The monoisotopic (exact) mass is 674 g/mol. The first-order valence-corrected chi connectivity index (χ1v) is 15.4. The Bertz CT molecular complexity index is 1900. The number of nitrogens with zero attached hydrogens (tertiary/aromatic N) is 4. The van der Waals surface area contributed by atoms with Gasteiger partial charge in [0, 0.05) is 26.7 Å². The predicted molar refractivity (Wildman–Crippen MR) is 195 cm³/mol. The molecule has 0 spiro atoms. The van der Waals surface area contributed by atoms with Crippen molar-refractivity contribution in [2.75, 3.05) is 5.43 Å². The summed E-state index contributed by atoms with van der Waals surface area (Å²) in [5, 5.41) is 26.0. The van der Waals surface area contributed by atoms with Crippen molar-refractivity contribution in [3.63, 3.8) is 0 Å². The Labute approximate surface area is 283 Å². The third-order valence-electron chi connectivity index (χ3n) is 6.65. The van der Waals surface area contributed by atoms with E-state index in [1.54, 1.807) is 12.1 Å². The maximum Gasteiger partial charge on any atom is 0.101 e. The van der Waals surface area contributed by atoms with Crippen molar-refractivity contribution in [1.82, 2.24) is 0 Å². The average Bonchev–Trinajstić information content (AvgIpc) is 3.15. The number of nitrogens with one attached hydrogen (secondary N) is 1. The Balaban J connectivity index is 0.000000178. The van der Waals surface area contributed by atoms with Crippen LogP contribution >= 0.6 is 15.9 Å². The van der Waals surface area contributed by atoms with Crippen LogP contribution in [0.15, 0.2) is 185 Å². The van der Waals surface area contributed by atoms with E-state index in [1.807, 2.05) is 164 Å². The first-order valence-electron chi connectivity index (χ1n) is 14.6. The van der Waals surface area contributed by atoms with E-state index in [-0.39, 0.29) is 0 Å². The van der Waals surface area contributed by atoms with E-state index >= 15 is 0 Å². The van der Waals surface area contributed by atoms with Crippen molar-refractivity contribution >= 4 is 33.0 Å². The fourth-order valence-electron chi connectivity index (χ4n) is 4.34. The lowest BCUT2D eigenvalue weighted by Gasteiger charge is -2.09. The second-order valence-electron chi connectivity index (χ2n) is 9.76. The zero-order valence-electron chi connectivity index (χ0n) is 25.4. The minimum Gasteiger partial charge on any atom is -0.323 e. The number of hydrogen-bond acceptors (Lipinski definition) is 6. The molecule has 3 N–H and O–H groups in total. The van der Waals surface area contributed by atoms with Crippen LogP contribution in [0.2, 0.25) is 0 Å². The molecule has 0 saturated heterocycles. The molecule has 228 valence electrons. The molecule has 0 saturated carbocycles.